The van der Waals surface area contributed by atoms with E-state index in [-0.39, 0.29) is 12.4 Å². The highest BCUT2D eigenvalue weighted by atomic mass is 16.5. The van der Waals surface area contributed by atoms with Crippen LogP contribution in [0.5, 0.6) is 5.75 Å². The molecule has 1 aromatic heterocycles. The summed E-state index contributed by atoms with van der Waals surface area (Å²) in [6.07, 6.45) is 1.57. The van der Waals surface area contributed by atoms with Crippen LogP contribution in [-0.4, -0.2) is 30.5 Å². The third-order valence-electron chi connectivity index (χ3n) is 5.64. The average Bonchev–Trinajstić information content (AvgIpc) is 3.46. The number of hydrogen-bond donors (Lipinski definition) is 1. The molecule has 0 aliphatic carbocycles. The topological polar surface area (TPSA) is 70.2 Å². The van der Waals surface area contributed by atoms with E-state index in [9.17, 15) is 4.79 Å². The molecule has 33 heavy (non-hydrogen) atoms. The lowest BCUT2D eigenvalue weighted by Gasteiger charge is -2.31. The van der Waals surface area contributed by atoms with Crippen LogP contribution in [-0.2, 0) is 9.53 Å². The number of anilines is 2. The number of hydrazone groups is 1. The van der Waals surface area contributed by atoms with Crippen LogP contribution in [0.3, 0.4) is 0 Å². The van der Waals surface area contributed by atoms with E-state index in [1.807, 2.05) is 88.9 Å². The van der Waals surface area contributed by atoms with Gasteiger partial charge >= 0.3 is 5.97 Å². The Hall–Kier alpha value is -4.26. The molecule has 1 aliphatic heterocycles. The molecule has 1 unspecified atom stereocenters. The van der Waals surface area contributed by atoms with Gasteiger partial charge in [-0.2, -0.15) is 0 Å². The number of amidine groups is 1. The lowest BCUT2D eigenvalue weighted by atomic mass is 10.1. The Morgan fingerprint density at radius 2 is 1.70 bits per heavy atom. The average molecular weight is 441 g/mol. The first kappa shape index (κ1) is 20.6. The first-order chi connectivity index (χ1) is 16.2. The SMILES string of the molecule is CCOC(=O)C1=NN(c2ccccc2)C(c2c[nH]c3ccccc23)N1c1ccc(OC)cc1. The van der Waals surface area contributed by atoms with Crippen molar-refractivity contribution >= 4 is 34.1 Å². The number of rotatable bonds is 6. The molecule has 0 fully saturated rings. The number of carbonyl (C=O) groups excluding carboxylic acids is 1. The van der Waals surface area contributed by atoms with Gasteiger partial charge in [0.15, 0.2) is 6.17 Å². The fraction of sp³-hybridized carbons (Fsp3) is 0.154. The summed E-state index contributed by atoms with van der Waals surface area (Å²) >= 11 is 0. The third kappa shape index (κ3) is 3.67. The Labute approximate surface area is 191 Å². The van der Waals surface area contributed by atoms with E-state index in [2.05, 4.69) is 11.1 Å². The van der Waals surface area contributed by atoms with E-state index in [0.29, 0.717) is 0 Å². The van der Waals surface area contributed by atoms with E-state index in [1.54, 1.807) is 14.0 Å². The van der Waals surface area contributed by atoms with Crippen LogP contribution >= 0.6 is 0 Å². The molecule has 0 saturated carbocycles. The van der Waals surface area contributed by atoms with Crippen molar-refractivity contribution in [3.05, 3.63) is 90.6 Å². The van der Waals surface area contributed by atoms with Gasteiger partial charge < -0.3 is 14.5 Å². The van der Waals surface area contributed by atoms with Crippen molar-refractivity contribution < 1.29 is 14.3 Å². The number of H-pyrrole nitrogens is 1. The Bertz CT molecular complexity index is 1300. The molecule has 0 saturated heterocycles. The second kappa shape index (κ2) is 8.70. The fourth-order valence-corrected chi connectivity index (χ4v) is 4.13. The highest BCUT2D eigenvalue weighted by Gasteiger charge is 2.42. The largest absolute Gasteiger partial charge is 0.497 e. The molecule has 2 heterocycles. The minimum Gasteiger partial charge on any atom is -0.497 e. The van der Waals surface area contributed by atoms with Crippen LogP contribution < -0.4 is 14.6 Å². The van der Waals surface area contributed by atoms with Crippen LogP contribution in [0.15, 0.2) is 90.2 Å². The summed E-state index contributed by atoms with van der Waals surface area (Å²) in [5.41, 5.74) is 3.68. The summed E-state index contributed by atoms with van der Waals surface area (Å²) in [7, 11) is 1.63. The van der Waals surface area contributed by atoms with Gasteiger partial charge in [0.1, 0.15) is 5.75 Å². The number of nitrogens with one attached hydrogen (secondary N) is 1. The zero-order valence-electron chi connectivity index (χ0n) is 18.4. The lowest BCUT2D eigenvalue weighted by Crippen LogP contribution is -2.39. The van der Waals surface area contributed by atoms with Gasteiger partial charge in [-0.05, 0) is 49.4 Å². The number of aromatic amines is 1. The molecule has 0 radical (unpaired) electrons. The van der Waals surface area contributed by atoms with Gasteiger partial charge in [0.05, 0.1) is 19.4 Å². The van der Waals surface area contributed by atoms with Crippen LogP contribution in [0.1, 0.15) is 18.7 Å². The summed E-state index contributed by atoms with van der Waals surface area (Å²) in [5, 5.41) is 7.70. The normalized spacial score (nSPS) is 15.6. The van der Waals surface area contributed by atoms with E-state index >= 15 is 0 Å². The molecule has 5 rings (SSSR count). The molecule has 1 aliphatic rings. The van der Waals surface area contributed by atoms with Crippen molar-refractivity contribution in [2.75, 3.05) is 23.6 Å². The molecule has 1 N–H and O–H groups in total. The molecule has 1 atom stereocenters. The van der Waals surface area contributed by atoms with Crippen molar-refractivity contribution in [1.29, 1.82) is 0 Å². The van der Waals surface area contributed by atoms with Gasteiger partial charge in [-0.25, -0.2) is 9.80 Å². The molecule has 0 spiro atoms. The number of carbonyl (C=O) groups is 1. The molecule has 4 aromatic rings. The number of nitrogens with zero attached hydrogens (tertiary/aromatic N) is 3. The third-order valence-corrected chi connectivity index (χ3v) is 5.64. The number of para-hydroxylation sites is 2. The Morgan fingerprint density at radius 3 is 2.42 bits per heavy atom. The second-order valence-electron chi connectivity index (χ2n) is 7.56. The number of hydrogen-bond acceptors (Lipinski definition) is 6. The number of fused-ring (bicyclic) bond motifs is 1. The van der Waals surface area contributed by atoms with Crippen molar-refractivity contribution in [2.45, 2.75) is 13.1 Å². The van der Waals surface area contributed by atoms with Gasteiger partial charge in [0.25, 0.3) is 0 Å². The smallest absolute Gasteiger partial charge is 0.376 e. The lowest BCUT2D eigenvalue weighted by molar-refractivity contribution is -0.135. The molecular weight excluding hydrogens is 416 g/mol. The maximum absolute atomic E-state index is 13.1. The minimum atomic E-state index is -0.475. The van der Waals surface area contributed by atoms with Gasteiger partial charge in [0.2, 0.25) is 5.84 Å². The van der Waals surface area contributed by atoms with Crippen molar-refractivity contribution in [3.8, 4) is 5.75 Å². The molecular formula is C26H24N4O3. The Balaban J connectivity index is 1.71. The van der Waals surface area contributed by atoms with Crippen LogP contribution in [0.2, 0.25) is 0 Å². The Kier molecular flexibility index (Phi) is 5.44. The summed E-state index contributed by atoms with van der Waals surface area (Å²) < 4.78 is 10.7. The van der Waals surface area contributed by atoms with E-state index in [0.717, 1.165) is 33.6 Å². The molecule has 7 nitrogen and oxygen atoms in total. The van der Waals surface area contributed by atoms with Gasteiger partial charge in [-0.15, -0.1) is 5.10 Å². The summed E-state index contributed by atoms with van der Waals surface area (Å²) in [6.45, 7) is 2.05. The van der Waals surface area contributed by atoms with E-state index in [1.165, 1.54) is 0 Å². The number of ether oxygens (including phenoxy) is 2. The maximum atomic E-state index is 13.1. The monoisotopic (exact) mass is 440 g/mol. The van der Waals surface area contributed by atoms with Crippen LogP contribution in [0, 0.1) is 0 Å². The Morgan fingerprint density at radius 1 is 0.970 bits per heavy atom. The predicted octanol–water partition coefficient (Wildman–Crippen LogP) is 5.08. The van der Waals surface area contributed by atoms with Crippen LogP contribution in [0.25, 0.3) is 10.9 Å². The maximum Gasteiger partial charge on any atom is 0.376 e. The number of aromatic nitrogens is 1. The first-order valence-electron chi connectivity index (χ1n) is 10.8. The van der Waals surface area contributed by atoms with Gasteiger partial charge in [-0.1, -0.05) is 36.4 Å². The number of benzene rings is 3. The van der Waals surface area contributed by atoms with Crippen molar-refractivity contribution in [3.63, 3.8) is 0 Å². The summed E-state index contributed by atoms with van der Waals surface area (Å²) in [4.78, 5) is 18.3. The first-order valence-corrected chi connectivity index (χ1v) is 10.8. The van der Waals surface area contributed by atoms with Crippen molar-refractivity contribution in [1.82, 2.24) is 4.98 Å². The van der Waals surface area contributed by atoms with E-state index < -0.39 is 12.1 Å². The molecule has 166 valence electrons. The highest BCUT2D eigenvalue weighted by Crippen LogP contribution is 2.41. The molecule has 7 heteroatoms. The second-order valence-corrected chi connectivity index (χ2v) is 7.56. The molecule has 0 bridgehead atoms. The highest BCUT2D eigenvalue weighted by molar-refractivity contribution is 6.42. The van der Waals surface area contributed by atoms with E-state index in [4.69, 9.17) is 14.6 Å². The quantitative estimate of drug-likeness (QED) is 0.424. The van der Waals surface area contributed by atoms with Gasteiger partial charge in [-0.3, -0.25) is 4.90 Å². The van der Waals surface area contributed by atoms with Crippen LogP contribution in [0.4, 0.5) is 11.4 Å². The standard InChI is InChI=1S/C26H24N4O3/c1-3-33-26(31)24-28-30(19-9-5-4-6-10-19)25(22-17-27-23-12-8-7-11-21(22)23)29(24)18-13-15-20(32-2)16-14-18/h4-17,25,27H,3H2,1-2H3. The minimum absolute atomic E-state index is 0.223. The van der Waals surface area contributed by atoms with Crippen molar-refractivity contribution in [2.24, 2.45) is 5.10 Å². The van der Waals surface area contributed by atoms with Gasteiger partial charge in [0, 0.05) is 28.4 Å². The molecule has 0 amide bonds. The predicted molar refractivity (Wildman–Crippen MR) is 130 cm³/mol. The number of esters is 1. The fourth-order valence-electron chi connectivity index (χ4n) is 4.13. The summed E-state index contributed by atoms with van der Waals surface area (Å²) in [5.74, 6) is 0.480. The zero-order valence-corrected chi connectivity index (χ0v) is 18.4. The summed E-state index contributed by atoms with van der Waals surface area (Å²) in [6, 6.07) is 25.5. The number of methoxy groups -OCH3 is 1. The zero-order chi connectivity index (χ0) is 22.8. The molecule has 3 aromatic carbocycles.